The summed E-state index contributed by atoms with van der Waals surface area (Å²) in [5, 5.41) is 0. The summed E-state index contributed by atoms with van der Waals surface area (Å²) in [6.45, 7) is 0. The molecule has 0 N–H and O–H groups in total. The second-order valence-electron chi connectivity index (χ2n) is 1.23. The summed E-state index contributed by atoms with van der Waals surface area (Å²) in [6.07, 6.45) is 0.535. The highest BCUT2D eigenvalue weighted by Gasteiger charge is 2.16. The monoisotopic (exact) mass is 184 g/mol. The van der Waals surface area contributed by atoms with Crippen LogP contribution in [0.1, 0.15) is 6.42 Å². The molecule has 0 aromatic carbocycles. The van der Waals surface area contributed by atoms with Gasteiger partial charge in [-0.25, -0.2) is 0 Å². The van der Waals surface area contributed by atoms with Crippen molar-refractivity contribution in [3.63, 3.8) is 0 Å². The summed E-state index contributed by atoms with van der Waals surface area (Å²) < 4.78 is -1.37. The molecule has 0 fully saturated rings. The molecular formula is C5H3Cl3O. The Bertz CT molecular complexity index is 148. The maximum atomic E-state index is 9.59. The largest absolute Gasteiger partial charge is 0.289 e. The minimum atomic E-state index is -1.37. The molecule has 4 heteroatoms. The van der Waals surface area contributed by atoms with Gasteiger partial charge in [0.15, 0.2) is 6.29 Å². The second-order valence-corrected chi connectivity index (χ2v) is 3.75. The minimum Gasteiger partial charge on any atom is -0.289 e. The van der Waals surface area contributed by atoms with Crippen molar-refractivity contribution in [2.45, 2.75) is 10.2 Å². The summed E-state index contributed by atoms with van der Waals surface area (Å²) >= 11 is 15.8. The highest BCUT2D eigenvalue weighted by Crippen LogP contribution is 2.28. The SMILES string of the molecule is O=CC#CCC(Cl)(Cl)Cl. The van der Waals surface area contributed by atoms with Crippen LogP contribution < -0.4 is 0 Å². The van der Waals surface area contributed by atoms with Crippen molar-refractivity contribution in [2.75, 3.05) is 0 Å². The minimum absolute atomic E-state index is 0.0798. The molecule has 0 heterocycles. The molecule has 0 unspecified atom stereocenters. The molecule has 0 rings (SSSR count). The van der Waals surface area contributed by atoms with Crippen LogP contribution >= 0.6 is 34.8 Å². The Hall–Kier alpha value is 0.1000. The first-order valence-corrected chi connectivity index (χ1v) is 3.18. The molecule has 0 radical (unpaired) electrons. The third-order valence-corrected chi connectivity index (χ3v) is 0.851. The highest BCUT2D eigenvalue weighted by molar-refractivity contribution is 6.67. The molecule has 0 aromatic rings. The van der Waals surface area contributed by atoms with Gasteiger partial charge in [0.2, 0.25) is 3.79 Å². The van der Waals surface area contributed by atoms with Crippen LogP contribution in [0.4, 0.5) is 0 Å². The standard InChI is InChI=1S/C5H3Cl3O/c6-5(7,8)3-1-2-4-9/h4H,3H2. The van der Waals surface area contributed by atoms with Crippen LogP contribution in [-0.4, -0.2) is 10.1 Å². The molecular weight excluding hydrogens is 182 g/mol. The van der Waals surface area contributed by atoms with Crippen molar-refractivity contribution in [3.8, 4) is 11.8 Å². The third-order valence-electron chi connectivity index (χ3n) is 0.450. The lowest BCUT2D eigenvalue weighted by Crippen LogP contribution is -1.98. The van der Waals surface area contributed by atoms with E-state index in [-0.39, 0.29) is 6.42 Å². The predicted octanol–water partition coefficient (Wildman–Crippen LogP) is 1.95. The van der Waals surface area contributed by atoms with E-state index in [0.717, 1.165) is 0 Å². The second kappa shape index (κ2) is 4.00. The van der Waals surface area contributed by atoms with E-state index in [9.17, 15) is 4.79 Å². The van der Waals surface area contributed by atoms with E-state index < -0.39 is 3.79 Å². The molecule has 1 nitrogen and oxygen atoms in total. The fourth-order valence-corrected chi connectivity index (χ4v) is 0.393. The number of aldehydes is 1. The van der Waals surface area contributed by atoms with Crippen LogP contribution in [0.5, 0.6) is 0 Å². The average molecular weight is 185 g/mol. The lowest BCUT2D eigenvalue weighted by atomic mass is 10.5. The molecule has 0 atom stereocenters. The van der Waals surface area contributed by atoms with Gasteiger partial charge in [0.1, 0.15) is 0 Å². The third kappa shape index (κ3) is 8.10. The summed E-state index contributed by atoms with van der Waals surface area (Å²) in [5.74, 6) is 4.48. The molecule has 0 spiro atoms. The Balaban J connectivity index is 3.62. The van der Waals surface area contributed by atoms with E-state index in [1.807, 2.05) is 0 Å². The van der Waals surface area contributed by atoms with Crippen molar-refractivity contribution in [1.29, 1.82) is 0 Å². The zero-order valence-electron chi connectivity index (χ0n) is 4.33. The fourth-order valence-electron chi connectivity index (χ4n) is 0.193. The molecule has 0 bridgehead atoms. The quantitative estimate of drug-likeness (QED) is 0.320. The van der Waals surface area contributed by atoms with E-state index in [1.165, 1.54) is 0 Å². The first-order chi connectivity index (χ1) is 4.06. The van der Waals surface area contributed by atoms with E-state index in [4.69, 9.17) is 34.8 Å². The van der Waals surface area contributed by atoms with Gasteiger partial charge in [-0.3, -0.25) is 4.79 Å². The van der Waals surface area contributed by atoms with Gasteiger partial charge >= 0.3 is 0 Å². The van der Waals surface area contributed by atoms with Gasteiger partial charge in [0.05, 0.1) is 6.42 Å². The van der Waals surface area contributed by atoms with Crippen molar-refractivity contribution in [2.24, 2.45) is 0 Å². The zero-order chi connectivity index (χ0) is 7.33. The van der Waals surface area contributed by atoms with Crippen molar-refractivity contribution >= 4 is 41.1 Å². The molecule has 0 amide bonds. The molecule has 0 aliphatic heterocycles. The first-order valence-electron chi connectivity index (χ1n) is 2.05. The van der Waals surface area contributed by atoms with Gasteiger partial charge in [0.25, 0.3) is 0 Å². The van der Waals surface area contributed by atoms with Crippen LogP contribution in [0, 0.1) is 11.8 Å². The zero-order valence-corrected chi connectivity index (χ0v) is 6.59. The van der Waals surface area contributed by atoms with E-state index in [0.29, 0.717) is 6.29 Å². The molecule has 0 aliphatic carbocycles. The van der Waals surface area contributed by atoms with Crippen LogP contribution in [-0.2, 0) is 4.79 Å². The lowest BCUT2D eigenvalue weighted by Gasteiger charge is -2.02. The number of alkyl halides is 3. The van der Waals surface area contributed by atoms with Gasteiger partial charge < -0.3 is 0 Å². The van der Waals surface area contributed by atoms with Gasteiger partial charge in [-0.05, 0) is 5.92 Å². The molecule has 0 saturated heterocycles. The van der Waals surface area contributed by atoms with Gasteiger partial charge in [-0.1, -0.05) is 40.7 Å². The van der Waals surface area contributed by atoms with E-state index in [1.54, 1.807) is 0 Å². The highest BCUT2D eigenvalue weighted by atomic mass is 35.6. The van der Waals surface area contributed by atoms with Gasteiger partial charge in [-0.2, -0.15) is 0 Å². The molecule has 9 heavy (non-hydrogen) atoms. The fraction of sp³-hybridized carbons (Fsp3) is 0.400. The summed E-state index contributed by atoms with van der Waals surface area (Å²) in [6, 6.07) is 0. The van der Waals surface area contributed by atoms with Gasteiger partial charge in [0, 0.05) is 0 Å². The van der Waals surface area contributed by atoms with Crippen LogP contribution in [0.2, 0.25) is 0 Å². The van der Waals surface area contributed by atoms with E-state index in [2.05, 4.69) is 11.8 Å². The van der Waals surface area contributed by atoms with Crippen LogP contribution in [0.25, 0.3) is 0 Å². The summed E-state index contributed by atoms with van der Waals surface area (Å²) in [4.78, 5) is 9.59. The number of hydrogen-bond donors (Lipinski definition) is 0. The maximum Gasteiger partial charge on any atom is 0.201 e. The van der Waals surface area contributed by atoms with E-state index >= 15 is 0 Å². The number of hydrogen-bond acceptors (Lipinski definition) is 1. The topological polar surface area (TPSA) is 17.1 Å². The molecule has 50 valence electrons. The number of rotatable bonds is 0. The van der Waals surface area contributed by atoms with Crippen molar-refractivity contribution < 1.29 is 4.79 Å². The molecule has 0 aromatic heterocycles. The summed E-state index contributed by atoms with van der Waals surface area (Å²) in [5.41, 5.74) is 0. The Kier molecular flexibility index (Phi) is 4.05. The molecule has 0 aliphatic rings. The van der Waals surface area contributed by atoms with Crippen LogP contribution in [0.3, 0.4) is 0 Å². The average Bonchev–Trinajstić information content (AvgIpc) is 1.63. The van der Waals surface area contributed by atoms with Crippen LogP contribution in [0.15, 0.2) is 0 Å². The molecule has 0 saturated carbocycles. The number of carbonyl (C=O) groups excluding carboxylic acids is 1. The normalized spacial score (nSPS) is 9.67. The predicted molar refractivity (Wildman–Crippen MR) is 38.7 cm³/mol. The summed E-state index contributed by atoms with van der Waals surface area (Å²) in [7, 11) is 0. The maximum absolute atomic E-state index is 9.59. The smallest absolute Gasteiger partial charge is 0.201 e. The first kappa shape index (κ1) is 9.10. The van der Waals surface area contributed by atoms with Gasteiger partial charge in [-0.15, -0.1) is 0 Å². The lowest BCUT2D eigenvalue weighted by molar-refractivity contribution is -0.103. The Morgan fingerprint density at radius 2 is 2.00 bits per heavy atom. The Morgan fingerprint density at radius 1 is 1.44 bits per heavy atom. The Morgan fingerprint density at radius 3 is 2.33 bits per heavy atom. The number of halogens is 3. The van der Waals surface area contributed by atoms with Crippen molar-refractivity contribution in [3.05, 3.63) is 0 Å². The number of carbonyl (C=O) groups is 1. The Labute approximate surface area is 68.3 Å². The van der Waals surface area contributed by atoms with Crippen molar-refractivity contribution in [1.82, 2.24) is 0 Å².